The molecular formula is C8H15FO2Si. The molecule has 70 valence electrons. The topological polar surface area (TPSA) is 26.3 Å². The van der Waals surface area contributed by atoms with Crippen molar-refractivity contribution in [2.75, 3.05) is 0 Å². The summed E-state index contributed by atoms with van der Waals surface area (Å²) < 4.78 is 18.2. The molecule has 0 aliphatic heterocycles. The molecule has 0 spiro atoms. The first-order valence-electron chi connectivity index (χ1n) is 3.80. The average Bonchev–Trinajstić information content (AvgIpc) is 1.82. The highest BCUT2D eigenvalue weighted by Gasteiger charge is 2.19. The fraction of sp³-hybridized carbons (Fsp3) is 0.625. The molecule has 0 rings (SSSR count). The fourth-order valence-corrected chi connectivity index (χ4v) is 1.76. The summed E-state index contributed by atoms with van der Waals surface area (Å²) in [5.74, 6) is -1.23. The molecule has 0 amide bonds. The third-order valence-electron chi connectivity index (χ3n) is 1.08. The normalized spacial score (nSPS) is 13.8. The van der Waals surface area contributed by atoms with Gasteiger partial charge in [-0.1, -0.05) is 0 Å². The number of ketones is 1. The monoisotopic (exact) mass is 190 g/mol. The number of hydrogen-bond donors (Lipinski definition) is 0. The van der Waals surface area contributed by atoms with Crippen molar-refractivity contribution in [1.82, 2.24) is 0 Å². The van der Waals surface area contributed by atoms with Crippen LogP contribution in [0.5, 0.6) is 0 Å². The summed E-state index contributed by atoms with van der Waals surface area (Å²) in [7, 11) is -1.78. The summed E-state index contributed by atoms with van der Waals surface area (Å²) in [5, 5.41) is 0. The van der Waals surface area contributed by atoms with Gasteiger partial charge in [-0.2, -0.15) is 4.39 Å². The van der Waals surface area contributed by atoms with E-state index in [1.54, 1.807) is 0 Å². The molecule has 0 aromatic heterocycles. The zero-order valence-corrected chi connectivity index (χ0v) is 9.19. The molecule has 12 heavy (non-hydrogen) atoms. The minimum absolute atomic E-state index is 0.113. The van der Waals surface area contributed by atoms with E-state index in [0.717, 1.165) is 0 Å². The largest absolute Gasteiger partial charge is 0.545 e. The van der Waals surface area contributed by atoms with Crippen molar-refractivity contribution in [3.63, 3.8) is 0 Å². The van der Waals surface area contributed by atoms with Crippen LogP contribution in [0, 0.1) is 0 Å². The van der Waals surface area contributed by atoms with Crippen LogP contribution in [0.25, 0.3) is 0 Å². The van der Waals surface area contributed by atoms with Gasteiger partial charge in [0.15, 0.2) is 5.78 Å². The Morgan fingerprint density at radius 3 is 1.92 bits per heavy atom. The van der Waals surface area contributed by atoms with Gasteiger partial charge in [-0.3, -0.25) is 4.79 Å². The second kappa shape index (κ2) is 3.84. The molecule has 0 radical (unpaired) electrons. The molecule has 0 aromatic rings. The summed E-state index contributed by atoms with van der Waals surface area (Å²) in [6, 6.07) is 0. The van der Waals surface area contributed by atoms with E-state index in [-0.39, 0.29) is 5.76 Å². The maximum atomic E-state index is 12.9. The highest BCUT2D eigenvalue weighted by Crippen LogP contribution is 2.14. The van der Waals surface area contributed by atoms with Crippen molar-refractivity contribution in [1.29, 1.82) is 0 Å². The minimum Gasteiger partial charge on any atom is -0.545 e. The molecule has 0 saturated heterocycles. The van der Waals surface area contributed by atoms with E-state index >= 15 is 0 Å². The van der Waals surface area contributed by atoms with Crippen molar-refractivity contribution in [2.24, 2.45) is 0 Å². The second-order valence-corrected chi connectivity index (χ2v) is 8.07. The van der Waals surface area contributed by atoms with Gasteiger partial charge in [-0.25, -0.2) is 0 Å². The number of carbonyl (C=O) groups is 1. The summed E-state index contributed by atoms with van der Waals surface area (Å²) in [5.41, 5.74) is 0. The van der Waals surface area contributed by atoms with E-state index in [2.05, 4.69) is 0 Å². The molecule has 0 unspecified atom stereocenters. The lowest BCUT2D eigenvalue weighted by atomic mass is 10.3. The first kappa shape index (κ1) is 11.4. The molecule has 2 nitrogen and oxygen atoms in total. The van der Waals surface area contributed by atoms with E-state index < -0.39 is 19.9 Å². The standard InChI is InChI=1S/C8H15FO2Si/c1-6(10)8(9)7(2)11-12(3,4)5/h1-5H3/b8-7+. The van der Waals surface area contributed by atoms with E-state index in [9.17, 15) is 9.18 Å². The van der Waals surface area contributed by atoms with Gasteiger partial charge < -0.3 is 4.43 Å². The Hall–Kier alpha value is -0.643. The molecule has 0 fully saturated rings. The zero-order chi connectivity index (χ0) is 9.94. The van der Waals surface area contributed by atoms with Gasteiger partial charge in [0.2, 0.25) is 14.1 Å². The van der Waals surface area contributed by atoms with Gasteiger partial charge in [-0.05, 0) is 26.6 Å². The number of rotatable bonds is 3. The van der Waals surface area contributed by atoms with Crippen LogP contribution in [0.4, 0.5) is 4.39 Å². The second-order valence-electron chi connectivity index (χ2n) is 3.64. The predicted octanol–water partition coefficient (Wildman–Crippen LogP) is 2.63. The number of halogens is 1. The third kappa shape index (κ3) is 4.28. The van der Waals surface area contributed by atoms with Gasteiger partial charge in [-0.15, -0.1) is 0 Å². The SMILES string of the molecule is CC(=O)/C(F)=C(/C)O[Si](C)(C)C. The lowest BCUT2D eigenvalue weighted by Crippen LogP contribution is -2.24. The molecule has 0 bridgehead atoms. The molecule has 0 atom stereocenters. The van der Waals surface area contributed by atoms with E-state index in [1.807, 2.05) is 19.6 Å². The first-order valence-corrected chi connectivity index (χ1v) is 7.21. The van der Waals surface area contributed by atoms with Crippen LogP contribution in [0.1, 0.15) is 13.8 Å². The Morgan fingerprint density at radius 1 is 1.25 bits per heavy atom. The van der Waals surface area contributed by atoms with E-state index in [4.69, 9.17) is 4.43 Å². The molecule has 0 aromatic carbocycles. The number of allylic oxidation sites excluding steroid dienone is 2. The van der Waals surface area contributed by atoms with Crippen molar-refractivity contribution in [2.45, 2.75) is 33.5 Å². The van der Waals surface area contributed by atoms with Gasteiger partial charge in [0.1, 0.15) is 5.76 Å². The third-order valence-corrected chi connectivity index (χ3v) is 2.00. The fourth-order valence-electron chi connectivity index (χ4n) is 0.752. The summed E-state index contributed by atoms with van der Waals surface area (Å²) in [6.07, 6.45) is 0. The van der Waals surface area contributed by atoms with Crippen LogP contribution in [-0.2, 0) is 9.22 Å². The molecular weight excluding hydrogens is 175 g/mol. The van der Waals surface area contributed by atoms with Gasteiger partial charge in [0, 0.05) is 6.92 Å². The minimum atomic E-state index is -1.78. The summed E-state index contributed by atoms with van der Waals surface area (Å²) in [6.45, 7) is 8.47. The van der Waals surface area contributed by atoms with Crippen LogP contribution >= 0.6 is 0 Å². The summed E-state index contributed by atoms with van der Waals surface area (Å²) in [4.78, 5) is 10.6. The van der Waals surface area contributed by atoms with E-state index in [0.29, 0.717) is 0 Å². The quantitative estimate of drug-likeness (QED) is 0.388. The average molecular weight is 190 g/mol. The van der Waals surface area contributed by atoms with Crippen molar-refractivity contribution >= 4 is 14.1 Å². The Morgan fingerprint density at radius 2 is 1.67 bits per heavy atom. The van der Waals surface area contributed by atoms with E-state index in [1.165, 1.54) is 13.8 Å². The predicted molar refractivity (Wildman–Crippen MR) is 48.9 cm³/mol. The smallest absolute Gasteiger partial charge is 0.241 e. The number of carbonyl (C=O) groups excluding carboxylic acids is 1. The van der Waals surface area contributed by atoms with Crippen LogP contribution in [0.15, 0.2) is 11.6 Å². The molecule has 0 N–H and O–H groups in total. The van der Waals surface area contributed by atoms with Crippen molar-refractivity contribution in [3.05, 3.63) is 11.6 Å². The first-order chi connectivity index (χ1) is 5.24. The molecule has 0 aliphatic carbocycles. The van der Waals surface area contributed by atoms with Crippen molar-refractivity contribution in [3.8, 4) is 0 Å². The van der Waals surface area contributed by atoms with Crippen LogP contribution in [-0.4, -0.2) is 14.1 Å². The van der Waals surface area contributed by atoms with Gasteiger partial charge in [0.05, 0.1) is 0 Å². The maximum absolute atomic E-state index is 12.9. The maximum Gasteiger partial charge on any atom is 0.241 e. The van der Waals surface area contributed by atoms with Gasteiger partial charge >= 0.3 is 0 Å². The molecule has 0 aliphatic rings. The summed E-state index contributed by atoms with van der Waals surface area (Å²) >= 11 is 0. The van der Waals surface area contributed by atoms with Crippen molar-refractivity contribution < 1.29 is 13.6 Å². The van der Waals surface area contributed by atoms with Crippen LogP contribution in [0.2, 0.25) is 19.6 Å². The Balaban J connectivity index is 4.49. The molecule has 4 heteroatoms. The number of Topliss-reactive ketones (excluding diaryl/α,β-unsaturated/α-hetero) is 1. The highest BCUT2D eigenvalue weighted by molar-refractivity contribution is 6.70. The zero-order valence-electron chi connectivity index (χ0n) is 8.19. The lowest BCUT2D eigenvalue weighted by Gasteiger charge is -2.19. The Bertz CT molecular complexity index is 216. The molecule has 0 saturated carbocycles. The van der Waals surface area contributed by atoms with Crippen LogP contribution < -0.4 is 0 Å². The van der Waals surface area contributed by atoms with Gasteiger partial charge in [0.25, 0.3) is 0 Å². The lowest BCUT2D eigenvalue weighted by molar-refractivity contribution is -0.115. The Kier molecular flexibility index (Phi) is 3.64. The Labute approximate surface area is 73.5 Å². The van der Waals surface area contributed by atoms with Crippen LogP contribution in [0.3, 0.4) is 0 Å². The highest BCUT2D eigenvalue weighted by atomic mass is 28.4. The number of hydrogen-bond acceptors (Lipinski definition) is 2. The molecule has 0 heterocycles.